The van der Waals surface area contributed by atoms with Gasteiger partial charge in [0.2, 0.25) is 0 Å². The van der Waals surface area contributed by atoms with E-state index >= 15 is 0 Å². The molecule has 0 aliphatic rings. The molecule has 1 rings (SSSR count). The maximum absolute atomic E-state index is 5.90. The van der Waals surface area contributed by atoms with Gasteiger partial charge in [-0.2, -0.15) is 0 Å². The molecule has 3 heteroatoms. The van der Waals surface area contributed by atoms with Crippen molar-refractivity contribution in [1.29, 1.82) is 0 Å². The van der Waals surface area contributed by atoms with Gasteiger partial charge in [0.05, 0.1) is 2.88 Å². The van der Waals surface area contributed by atoms with Gasteiger partial charge in [-0.25, -0.2) is 0 Å². The highest BCUT2D eigenvalue weighted by molar-refractivity contribution is 14.1. The fourth-order valence-electron chi connectivity index (χ4n) is 0.923. The molecule has 0 fully saturated rings. The number of nitrogens with two attached hydrogens (primary N) is 1. The zero-order valence-corrected chi connectivity index (χ0v) is 9.56. The predicted octanol–water partition coefficient (Wildman–Crippen LogP) is 2.77. The molecule has 64 valence electrons. The van der Waals surface area contributed by atoms with Crippen LogP contribution in [0.15, 0.2) is 11.4 Å². The second-order valence-corrected chi connectivity index (χ2v) is 5.34. The van der Waals surface area contributed by atoms with Crippen molar-refractivity contribution in [3.8, 4) is 12.3 Å². The Balaban J connectivity index is 2.54. The van der Waals surface area contributed by atoms with Crippen molar-refractivity contribution in [3.05, 3.63) is 19.9 Å². The Bertz CT molecular complexity index is 287. The highest BCUT2D eigenvalue weighted by Crippen LogP contribution is 2.23. The number of rotatable bonds is 3. The molecule has 1 heterocycles. The van der Waals surface area contributed by atoms with Gasteiger partial charge in [-0.1, -0.05) is 0 Å². The Labute approximate surface area is 90.5 Å². The number of hydrogen-bond acceptors (Lipinski definition) is 2. The molecule has 1 atom stereocenters. The second-order valence-electron chi connectivity index (χ2n) is 2.53. The molecule has 1 unspecified atom stereocenters. The minimum atomic E-state index is 0.112. The van der Waals surface area contributed by atoms with Crippen LogP contribution >= 0.6 is 33.9 Å². The van der Waals surface area contributed by atoms with E-state index in [2.05, 4.69) is 40.0 Å². The monoisotopic (exact) mass is 291 g/mol. The molecule has 1 aromatic heterocycles. The molecule has 0 saturated carbocycles. The van der Waals surface area contributed by atoms with Crippen LogP contribution in [0, 0.1) is 15.2 Å². The van der Waals surface area contributed by atoms with Crippen LogP contribution in [-0.4, -0.2) is 0 Å². The van der Waals surface area contributed by atoms with E-state index < -0.39 is 0 Å². The van der Waals surface area contributed by atoms with Crippen LogP contribution in [0.5, 0.6) is 0 Å². The zero-order valence-electron chi connectivity index (χ0n) is 6.59. The minimum Gasteiger partial charge on any atom is -0.324 e. The summed E-state index contributed by atoms with van der Waals surface area (Å²) in [6.45, 7) is 0. The average molecular weight is 291 g/mol. The fraction of sp³-hybridized carbons (Fsp3) is 0.333. The standard InChI is InChI=1S/C9H10INS/c1-2-3-4-8(11)7-5-9(10)12-6-7/h1,5-6,8H,3-4,11H2. The lowest BCUT2D eigenvalue weighted by Gasteiger charge is -2.05. The lowest BCUT2D eigenvalue weighted by atomic mass is 10.1. The Morgan fingerprint density at radius 2 is 2.50 bits per heavy atom. The van der Waals surface area contributed by atoms with Crippen molar-refractivity contribution in [2.45, 2.75) is 18.9 Å². The summed E-state index contributed by atoms with van der Waals surface area (Å²) in [7, 11) is 0. The van der Waals surface area contributed by atoms with Crippen LogP contribution in [0.4, 0.5) is 0 Å². The van der Waals surface area contributed by atoms with Crippen molar-refractivity contribution in [1.82, 2.24) is 0 Å². The first-order valence-electron chi connectivity index (χ1n) is 3.67. The third-order valence-corrected chi connectivity index (χ3v) is 3.42. The molecule has 0 saturated heterocycles. The van der Waals surface area contributed by atoms with Gasteiger partial charge in [0.1, 0.15) is 0 Å². The predicted molar refractivity (Wildman–Crippen MR) is 62.0 cm³/mol. The molecule has 2 N–H and O–H groups in total. The molecule has 1 nitrogen and oxygen atoms in total. The molecule has 0 radical (unpaired) electrons. The third-order valence-electron chi connectivity index (χ3n) is 1.62. The van der Waals surface area contributed by atoms with Crippen molar-refractivity contribution in [3.63, 3.8) is 0 Å². The Morgan fingerprint density at radius 1 is 1.75 bits per heavy atom. The van der Waals surface area contributed by atoms with Gasteiger partial charge in [0.15, 0.2) is 0 Å². The van der Waals surface area contributed by atoms with Crippen LogP contribution in [-0.2, 0) is 0 Å². The molecule has 0 aromatic carbocycles. The summed E-state index contributed by atoms with van der Waals surface area (Å²) in [5.74, 6) is 2.60. The smallest absolute Gasteiger partial charge is 0.0656 e. The van der Waals surface area contributed by atoms with E-state index in [1.807, 2.05) is 0 Å². The van der Waals surface area contributed by atoms with Crippen LogP contribution < -0.4 is 5.73 Å². The van der Waals surface area contributed by atoms with Crippen molar-refractivity contribution >= 4 is 33.9 Å². The normalized spacial score (nSPS) is 12.4. The van der Waals surface area contributed by atoms with E-state index in [1.54, 1.807) is 11.3 Å². The highest BCUT2D eigenvalue weighted by Gasteiger charge is 2.06. The molecule has 1 aromatic rings. The summed E-state index contributed by atoms with van der Waals surface area (Å²) in [4.78, 5) is 0. The van der Waals surface area contributed by atoms with Gasteiger partial charge in [0.25, 0.3) is 0 Å². The number of hydrogen-bond donors (Lipinski definition) is 1. The van der Waals surface area contributed by atoms with E-state index in [0.29, 0.717) is 0 Å². The summed E-state index contributed by atoms with van der Waals surface area (Å²) in [6, 6.07) is 2.23. The Kier molecular flexibility index (Phi) is 4.06. The van der Waals surface area contributed by atoms with Gasteiger partial charge < -0.3 is 5.73 Å². The maximum atomic E-state index is 5.90. The molecule has 0 aliphatic heterocycles. The van der Waals surface area contributed by atoms with Gasteiger partial charge in [-0.3, -0.25) is 0 Å². The molecule has 0 bridgehead atoms. The zero-order chi connectivity index (χ0) is 8.97. The van der Waals surface area contributed by atoms with E-state index in [-0.39, 0.29) is 6.04 Å². The van der Waals surface area contributed by atoms with Crippen LogP contribution in [0.2, 0.25) is 0 Å². The first kappa shape index (κ1) is 10.0. The summed E-state index contributed by atoms with van der Waals surface area (Å²) < 4.78 is 1.28. The molecular weight excluding hydrogens is 281 g/mol. The number of thiophene rings is 1. The topological polar surface area (TPSA) is 26.0 Å². The fourth-order valence-corrected chi connectivity index (χ4v) is 2.36. The Hall–Kier alpha value is -0.0500. The van der Waals surface area contributed by atoms with Crippen molar-refractivity contribution < 1.29 is 0 Å². The average Bonchev–Trinajstić information content (AvgIpc) is 2.47. The molecule has 0 amide bonds. The molecule has 12 heavy (non-hydrogen) atoms. The number of terminal acetylenes is 1. The molecular formula is C9H10INS. The lowest BCUT2D eigenvalue weighted by Crippen LogP contribution is -2.08. The summed E-state index contributed by atoms with van der Waals surface area (Å²) in [6.07, 6.45) is 6.79. The lowest BCUT2D eigenvalue weighted by molar-refractivity contribution is 0.670. The van der Waals surface area contributed by atoms with Gasteiger partial charge in [-0.15, -0.1) is 23.7 Å². The minimum absolute atomic E-state index is 0.112. The molecule has 0 aliphatic carbocycles. The largest absolute Gasteiger partial charge is 0.324 e. The number of halogens is 1. The quantitative estimate of drug-likeness (QED) is 0.672. The SMILES string of the molecule is C#CCCC(N)c1csc(I)c1. The van der Waals surface area contributed by atoms with E-state index in [4.69, 9.17) is 12.2 Å². The third kappa shape index (κ3) is 2.77. The summed E-state index contributed by atoms with van der Waals surface area (Å²) >= 11 is 4.02. The summed E-state index contributed by atoms with van der Waals surface area (Å²) in [5, 5.41) is 2.10. The van der Waals surface area contributed by atoms with E-state index in [0.717, 1.165) is 12.8 Å². The summed E-state index contributed by atoms with van der Waals surface area (Å²) in [5.41, 5.74) is 7.11. The first-order chi connectivity index (χ1) is 5.74. The van der Waals surface area contributed by atoms with E-state index in [1.165, 1.54) is 8.45 Å². The van der Waals surface area contributed by atoms with E-state index in [9.17, 15) is 0 Å². The van der Waals surface area contributed by atoms with Crippen molar-refractivity contribution in [2.75, 3.05) is 0 Å². The Morgan fingerprint density at radius 3 is 3.00 bits per heavy atom. The second kappa shape index (κ2) is 4.85. The van der Waals surface area contributed by atoms with Crippen LogP contribution in [0.25, 0.3) is 0 Å². The molecule has 0 spiro atoms. The van der Waals surface area contributed by atoms with Gasteiger partial charge >= 0.3 is 0 Å². The maximum Gasteiger partial charge on any atom is 0.0656 e. The van der Waals surface area contributed by atoms with Gasteiger partial charge in [0, 0.05) is 12.5 Å². The van der Waals surface area contributed by atoms with Gasteiger partial charge in [-0.05, 0) is 46.0 Å². The van der Waals surface area contributed by atoms with Crippen LogP contribution in [0.3, 0.4) is 0 Å². The van der Waals surface area contributed by atoms with Crippen LogP contribution in [0.1, 0.15) is 24.4 Å². The van der Waals surface area contributed by atoms with Crippen molar-refractivity contribution in [2.24, 2.45) is 5.73 Å². The first-order valence-corrected chi connectivity index (χ1v) is 5.63. The highest BCUT2D eigenvalue weighted by atomic mass is 127.